The molecule has 1 aromatic heterocycles. The number of nitrogens with zero attached hydrogens (tertiary/aromatic N) is 4. The lowest BCUT2D eigenvalue weighted by molar-refractivity contribution is -0.150. The number of nitrogens with two attached hydrogens (primary N) is 1. The average Bonchev–Trinajstić information content (AvgIpc) is 1.17. The predicted octanol–water partition coefficient (Wildman–Crippen LogP) is 10.3. The number of para-hydroxylation sites is 1. The Balaban J connectivity index is 0.576. The third kappa shape index (κ3) is 20.8. The predicted molar refractivity (Wildman–Crippen MR) is 420 cm³/mol. The molecule has 0 radical (unpaired) electrons. The fraction of sp³-hybridized carbons (Fsp3) is 0.600. The average molecular weight is 1520 g/mol. The zero-order valence-electron chi connectivity index (χ0n) is 66.0. The lowest BCUT2D eigenvalue weighted by Gasteiger charge is -2.56. The number of aromatic nitrogens is 3. The molecule has 0 unspecified atom stereocenters. The van der Waals surface area contributed by atoms with Gasteiger partial charge in [-0.1, -0.05) is 134 Å². The van der Waals surface area contributed by atoms with Crippen LogP contribution in [0.2, 0.25) is 0 Å². The molecule has 4 aromatic carbocycles. The number of nitrogens with one attached hydrogen (secondary N) is 5. The van der Waals surface area contributed by atoms with E-state index >= 15 is 0 Å². The second kappa shape index (κ2) is 39.9. The molecule has 2 saturated carbocycles. The SMILES string of the molecule is CCCCOCCOCCOCCn1nnc2c1-c1ccccc1CN(C(=O)CCC(=O)NCCOCCOCCOCCOCCC(=O)N[C@H](C(=O)C[C@@H](C)C(=O)Nc1ccc3c(c1)[C@@]1(C)CCC[C@](C)(C(=O)NC(=O)[C@@]4(C)CCC[C@]5(C)c6cc(NC(=O)CN)ccc6CC[C@@H]45)[C@@H]1CC3)C(C)C)c1ccccc1-2. The monoisotopic (exact) mass is 1520 g/mol. The normalized spacial score (nSPS) is 21.5. The first-order valence-electron chi connectivity index (χ1n) is 40.0. The largest absolute Gasteiger partial charge is 0.379 e. The minimum atomic E-state index is -0.831. The number of carbonyl (C=O) groups is 8. The maximum atomic E-state index is 14.9. The fourth-order valence-corrected chi connectivity index (χ4v) is 17.6. The van der Waals surface area contributed by atoms with E-state index in [4.69, 9.17) is 38.9 Å². The maximum Gasteiger partial charge on any atom is 0.238 e. The summed E-state index contributed by atoms with van der Waals surface area (Å²) in [6.45, 7) is 22.3. The summed E-state index contributed by atoms with van der Waals surface area (Å²) in [6.07, 6.45) is 9.89. The molecule has 2 fully saturated rings. The van der Waals surface area contributed by atoms with Crippen LogP contribution in [0, 0.1) is 34.5 Å². The quantitative estimate of drug-likeness (QED) is 0.0156. The van der Waals surface area contributed by atoms with E-state index < -0.39 is 28.2 Å². The summed E-state index contributed by atoms with van der Waals surface area (Å²) in [5.41, 5.74) is 14.0. The Kier molecular flexibility index (Phi) is 30.5. The summed E-state index contributed by atoms with van der Waals surface area (Å²) < 4.78 is 41.6. The molecule has 8 atom stereocenters. The molecule has 25 nitrogen and oxygen atoms in total. The number of amides is 7. The van der Waals surface area contributed by atoms with E-state index in [2.05, 4.69) is 75.9 Å². The van der Waals surface area contributed by atoms with Gasteiger partial charge < -0.3 is 65.1 Å². The Morgan fingerprint density at radius 3 is 1.69 bits per heavy atom. The Hall–Kier alpha value is -8.14. The molecule has 10 rings (SSSR count). The van der Waals surface area contributed by atoms with Crippen molar-refractivity contribution in [1.82, 2.24) is 30.9 Å². The second-order valence-electron chi connectivity index (χ2n) is 31.6. The Bertz CT molecular complexity index is 4000. The van der Waals surface area contributed by atoms with Crippen LogP contribution < -0.4 is 37.2 Å². The summed E-state index contributed by atoms with van der Waals surface area (Å²) in [5, 5.41) is 24.0. The molecule has 7 amide bonds. The molecule has 0 saturated heterocycles. The lowest BCUT2D eigenvalue weighted by atomic mass is 9.49. The summed E-state index contributed by atoms with van der Waals surface area (Å²) in [5.74, 6) is -3.10. The van der Waals surface area contributed by atoms with Crippen molar-refractivity contribution in [3.8, 4) is 22.5 Å². The van der Waals surface area contributed by atoms with Crippen LogP contribution in [0.4, 0.5) is 17.1 Å². The van der Waals surface area contributed by atoms with Gasteiger partial charge in [0.15, 0.2) is 5.78 Å². The molecule has 598 valence electrons. The van der Waals surface area contributed by atoms with Crippen molar-refractivity contribution in [2.24, 2.45) is 40.2 Å². The Morgan fingerprint density at radius 2 is 1.11 bits per heavy atom. The van der Waals surface area contributed by atoms with Crippen molar-refractivity contribution in [2.45, 2.75) is 188 Å². The lowest BCUT2D eigenvalue weighted by Crippen LogP contribution is -2.60. The topological polar surface area (TPSA) is 321 Å². The van der Waals surface area contributed by atoms with Gasteiger partial charge in [-0.3, -0.25) is 43.7 Å². The molecule has 0 spiro atoms. The van der Waals surface area contributed by atoms with Crippen molar-refractivity contribution in [2.75, 3.05) is 121 Å². The smallest absolute Gasteiger partial charge is 0.238 e. The number of carbonyl (C=O) groups excluding carboxylic acids is 8. The van der Waals surface area contributed by atoms with Gasteiger partial charge in [0.2, 0.25) is 41.4 Å². The number of ketones is 1. The van der Waals surface area contributed by atoms with Gasteiger partial charge in [-0.2, -0.15) is 0 Å². The summed E-state index contributed by atoms with van der Waals surface area (Å²) in [4.78, 5) is 112. The first-order valence-corrected chi connectivity index (χ1v) is 40.0. The molecular weight excluding hydrogens is 1400 g/mol. The molecule has 4 aliphatic carbocycles. The number of benzene rings is 4. The third-order valence-corrected chi connectivity index (χ3v) is 23.6. The second-order valence-corrected chi connectivity index (χ2v) is 31.6. The van der Waals surface area contributed by atoms with Crippen LogP contribution in [0.5, 0.6) is 0 Å². The van der Waals surface area contributed by atoms with E-state index in [1.807, 2.05) is 99.1 Å². The summed E-state index contributed by atoms with van der Waals surface area (Å²) >= 11 is 0. The number of imide groups is 1. The van der Waals surface area contributed by atoms with Crippen LogP contribution >= 0.6 is 0 Å². The number of aryl methyl sites for hydroxylation is 2. The van der Waals surface area contributed by atoms with E-state index in [0.29, 0.717) is 108 Å². The van der Waals surface area contributed by atoms with E-state index in [1.54, 1.807) is 11.8 Å². The first kappa shape index (κ1) is 84.3. The highest BCUT2D eigenvalue weighted by atomic mass is 16.6. The molecule has 25 heteroatoms. The number of unbranched alkanes of at least 4 members (excludes halogenated alkanes) is 1. The summed E-state index contributed by atoms with van der Waals surface area (Å²) in [7, 11) is 0. The molecule has 1 aliphatic heterocycles. The highest BCUT2D eigenvalue weighted by Gasteiger charge is 2.59. The molecule has 5 aliphatic rings. The summed E-state index contributed by atoms with van der Waals surface area (Å²) in [6, 6.07) is 26.8. The van der Waals surface area contributed by atoms with Crippen molar-refractivity contribution >= 4 is 64.2 Å². The number of Topliss-reactive ketones (excluding diaryl/α,β-unsaturated/α-hetero) is 1. The van der Waals surface area contributed by atoms with Gasteiger partial charge in [0, 0.05) is 67.3 Å². The van der Waals surface area contributed by atoms with Crippen LogP contribution in [0.15, 0.2) is 84.9 Å². The minimum Gasteiger partial charge on any atom is -0.379 e. The number of ether oxygens (including phenoxy) is 7. The van der Waals surface area contributed by atoms with E-state index in [0.717, 1.165) is 104 Å². The molecule has 7 N–H and O–H groups in total. The highest BCUT2D eigenvalue weighted by molar-refractivity contribution is 6.03. The van der Waals surface area contributed by atoms with Gasteiger partial charge >= 0.3 is 0 Å². The van der Waals surface area contributed by atoms with Crippen LogP contribution in [-0.2, 0) is 108 Å². The number of anilines is 3. The number of fused-ring (bicyclic) bond motifs is 11. The van der Waals surface area contributed by atoms with Gasteiger partial charge in [0.1, 0.15) is 5.69 Å². The van der Waals surface area contributed by atoms with E-state index in [-0.39, 0.29) is 136 Å². The molecule has 110 heavy (non-hydrogen) atoms. The number of rotatable bonds is 41. The minimum absolute atomic E-state index is 0.000938. The first-order chi connectivity index (χ1) is 53.0. The van der Waals surface area contributed by atoms with Gasteiger partial charge in [-0.25, -0.2) is 4.68 Å². The van der Waals surface area contributed by atoms with Crippen LogP contribution in [-0.4, -0.2) is 174 Å². The van der Waals surface area contributed by atoms with Crippen molar-refractivity contribution < 1.29 is 71.5 Å². The third-order valence-electron chi connectivity index (χ3n) is 23.6. The van der Waals surface area contributed by atoms with E-state index in [9.17, 15) is 38.4 Å². The van der Waals surface area contributed by atoms with Crippen LogP contribution in [0.1, 0.15) is 173 Å². The van der Waals surface area contributed by atoms with Gasteiger partial charge in [0.05, 0.1) is 134 Å². The molecular formula is C85H118N10O15. The zero-order chi connectivity index (χ0) is 78.4. The van der Waals surface area contributed by atoms with Crippen LogP contribution in [0.25, 0.3) is 22.5 Å². The fourth-order valence-electron chi connectivity index (χ4n) is 17.6. The highest BCUT2D eigenvalue weighted by Crippen LogP contribution is 2.60. The molecule has 2 heterocycles. The van der Waals surface area contributed by atoms with Gasteiger partial charge in [0.25, 0.3) is 0 Å². The van der Waals surface area contributed by atoms with Crippen LogP contribution in [0.3, 0.4) is 0 Å². The maximum absolute atomic E-state index is 14.9. The van der Waals surface area contributed by atoms with E-state index in [1.165, 1.54) is 11.1 Å². The molecule has 0 bridgehead atoms. The van der Waals surface area contributed by atoms with Crippen molar-refractivity contribution in [3.05, 3.63) is 113 Å². The number of hydrogen-bond acceptors (Lipinski definition) is 18. The van der Waals surface area contributed by atoms with Crippen molar-refractivity contribution in [1.29, 1.82) is 0 Å². The van der Waals surface area contributed by atoms with Crippen molar-refractivity contribution in [3.63, 3.8) is 0 Å². The molecule has 5 aromatic rings. The van der Waals surface area contributed by atoms with Gasteiger partial charge in [-0.15, -0.1) is 5.10 Å². The Labute approximate surface area is 648 Å². The van der Waals surface area contributed by atoms with Gasteiger partial charge in [-0.05, 0) is 145 Å². The standard InChI is InChI=1S/C85H118N10O15/c1-9-10-38-104-42-46-108-49-45-107-41-37-95-78-64-18-12-11-17-61(64)56-94(68-20-14-13-19-65(68)77(78)92-93-95)75(100)30-29-72(97)87-36-40-106-44-48-110-51-50-109-47-43-105-39-31-73(98)90-76(57(2)3)69(96)52-58(4)79(101)89-63-26-22-60-24-28-71-83(6,67(60)54-63)33-16-35-85(71,8)81(103)91-80(102)84(7)34-15-32-82(5)66-53-62(88-74(99)55-86)25-21-59(66)23-27-70(82)84/h11-14,17-22,25-26,53-54,57-58,70-71,76H,9-10,15-16,23-24,27-52,55-56,86H2,1-8H3,(H,87,97)(H,88,99)(H,89,101)(H,90,98)(H,91,102,103)/t58-,70-,71-,76+,82-,83-,84+,85+/m1/s1. The number of hydrogen-bond donors (Lipinski definition) is 6. The Morgan fingerprint density at radius 1 is 0.573 bits per heavy atom. The zero-order valence-corrected chi connectivity index (χ0v) is 66.0.